The van der Waals surface area contributed by atoms with Gasteiger partial charge in [0.1, 0.15) is 0 Å². The maximum Gasteiger partial charge on any atom is 0.0721 e. The van der Waals surface area contributed by atoms with Crippen molar-refractivity contribution in [1.82, 2.24) is 0 Å². The van der Waals surface area contributed by atoms with E-state index in [4.69, 9.17) is 27.9 Å². The molecule has 3 heteroatoms. The van der Waals surface area contributed by atoms with E-state index >= 15 is 0 Å². The van der Waals surface area contributed by atoms with Crippen LogP contribution in [0.4, 0.5) is 0 Å². The minimum atomic E-state index is 0.278. The number of hydrogen-bond donors (Lipinski definition) is 0. The van der Waals surface area contributed by atoms with Crippen molar-refractivity contribution in [1.29, 1.82) is 0 Å². The summed E-state index contributed by atoms with van der Waals surface area (Å²) < 4.78 is 6.08. The van der Waals surface area contributed by atoms with Crippen LogP contribution in [0.5, 0.6) is 0 Å². The third-order valence-corrected chi connectivity index (χ3v) is 5.41. The maximum absolute atomic E-state index is 6.41. The molecule has 2 aliphatic carbocycles. The molecule has 3 rings (SSSR count). The van der Waals surface area contributed by atoms with Crippen LogP contribution in [-0.2, 0) is 11.3 Å². The van der Waals surface area contributed by atoms with Crippen molar-refractivity contribution in [3.8, 4) is 0 Å². The average molecular weight is 285 g/mol. The molecule has 2 unspecified atom stereocenters. The van der Waals surface area contributed by atoms with Crippen molar-refractivity contribution in [3.63, 3.8) is 0 Å². The third kappa shape index (κ3) is 2.17. The van der Waals surface area contributed by atoms with Crippen LogP contribution >= 0.6 is 23.2 Å². The van der Waals surface area contributed by atoms with Crippen molar-refractivity contribution in [2.24, 2.45) is 5.41 Å². The molecule has 1 spiro atoms. The summed E-state index contributed by atoms with van der Waals surface area (Å²) in [5.74, 6) is 0. The van der Waals surface area contributed by atoms with E-state index in [0.29, 0.717) is 18.1 Å². The van der Waals surface area contributed by atoms with Crippen molar-refractivity contribution < 1.29 is 4.74 Å². The van der Waals surface area contributed by atoms with Crippen LogP contribution in [0.2, 0.25) is 5.02 Å². The summed E-state index contributed by atoms with van der Waals surface area (Å²) in [5.41, 5.74) is 1.42. The quantitative estimate of drug-likeness (QED) is 0.725. The number of halogens is 2. The van der Waals surface area contributed by atoms with Gasteiger partial charge in [-0.15, -0.1) is 11.6 Å². The first kappa shape index (κ1) is 12.8. The van der Waals surface area contributed by atoms with Crippen LogP contribution in [0.3, 0.4) is 0 Å². The average Bonchev–Trinajstić information content (AvgIpc) is 2.86. The third-order valence-electron chi connectivity index (χ3n) is 4.56. The fourth-order valence-corrected chi connectivity index (χ4v) is 4.16. The van der Waals surface area contributed by atoms with E-state index in [1.54, 1.807) is 0 Å². The molecular formula is C15H18Cl2O. The smallest absolute Gasteiger partial charge is 0.0721 e. The molecule has 0 radical (unpaired) electrons. The van der Waals surface area contributed by atoms with Gasteiger partial charge in [0.2, 0.25) is 0 Å². The Balaban J connectivity index is 1.61. The predicted octanol–water partition coefficient (Wildman–Crippen LogP) is 4.80. The highest BCUT2D eigenvalue weighted by molar-refractivity contribution is 6.30. The summed E-state index contributed by atoms with van der Waals surface area (Å²) in [6, 6.07) is 7.89. The van der Waals surface area contributed by atoms with E-state index in [2.05, 4.69) is 6.07 Å². The van der Waals surface area contributed by atoms with E-state index < -0.39 is 0 Å². The number of alkyl halides is 1. The molecule has 18 heavy (non-hydrogen) atoms. The molecule has 2 saturated carbocycles. The van der Waals surface area contributed by atoms with Crippen molar-refractivity contribution in [2.75, 3.05) is 0 Å². The summed E-state index contributed by atoms with van der Waals surface area (Å²) in [5, 5.41) is 1.10. The van der Waals surface area contributed by atoms with Gasteiger partial charge in [-0.1, -0.05) is 36.6 Å². The van der Waals surface area contributed by atoms with Crippen molar-refractivity contribution in [3.05, 3.63) is 34.9 Å². The molecule has 1 aromatic carbocycles. The second-order valence-corrected chi connectivity index (χ2v) is 6.54. The van der Waals surface area contributed by atoms with Crippen LogP contribution < -0.4 is 0 Å². The molecule has 0 amide bonds. The lowest BCUT2D eigenvalue weighted by atomic mass is 9.64. The van der Waals surface area contributed by atoms with Crippen LogP contribution in [0, 0.1) is 5.41 Å². The monoisotopic (exact) mass is 284 g/mol. The van der Waals surface area contributed by atoms with Gasteiger partial charge in [0.25, 0.3) is 0 Å². The Hall–Kier alpha value is -0.240. The molecule has 2 aliphatic rings. The second-order valence-electron chi connectivity index (χ2n) is 5.57. The van der Waals surface area contributed by atoms with E-state index in [0.717, 1.165) is 17.0 Å². The highest BCUT2D eigenvalue weighted by Gasteiger charge is 2.55. The largest absolute Gasteiger partial charge is 0.373 e. The number of ether oxygens (including phenoxy) is 1. The van der Waals surface area contributed by atoms with E-state index in [-0.39, 0.29) is 5.41 Å². The molecule has 98 valence electrons. The maximum atomic E-state index is 6.41. The van der Waals surface area contributed by atoms with Crippen LogP contribution in [-0.4, -0.2) is 11.5 Å². The molecule has 1 nitrogen and oxygen atoms in total. The Morgan fingerprint density at radius 2 is 2.06 bits per heavy atom. The fourth-order valence-electron chi connectivity index (χ4n) is 3.42. The zero-order valence-electron chi connectivity index (χ0n) is 10.4. The highest BCUT2D eigenvalue weighted by atomic mass is 35.5. The summed E-state index contributed by atoms with van der Waals surface area (Å²) in [6.07, 6.45) is 6.44. The molecule has 0 bridgehead atoms. The van der Waals surface area contributed by atoms with Gasteiger partial charge in [0.05, 0.1) is 12.7 Å². The fraction of sp³-hybridized carbons (Fsp3) is 0.600. The van der Waals surface area contributed by atoms with Crippen molar-refractivity contribution in [2.45, 2.75) is 50.2 Å². The van der Waals surface area contributed by atoms with Gasteiger partial charge in [-0.2, -0.15) is 0 Å². The van der Waals surface area contributed by atoms with Crippen LogP contribution in [0.1, 0.15) is 37.7 Å². The molecular weight excluding hydrogens is 267 g/mol. The molecule has 0 aliphatic heterocycles. The molecule has 2 atom stereocenters. The number of benzene rings is 1. The number of rotatable bonds is 3. The highest BCUT2D eigenvalue weighted by Crippen LogP contribution is 2.57. The lowest BCUT2D eigenvalue weighted by molar-refractivity contribution is -0.112. The minimum Gasteiger partial charge on any atom is -0.373 e. The summed E-state index contributed by atoms with van der Waals surface area (Å²) >= 11 is 12.4. The van der Waals surface area contributed by atoms with E-state index in [1.165, 1.54) is 25.7 Å². The summed E-state index contributed by atoms with van der Waals surface area (Å²) in [7, 11) is 0. The molecule has 0 heterocycles. The predicted molar refractivity (Wildman–Crippen MR) is 75.2 cm³/mol. The summed E-state index contributed by atoms with van der Waals surface area (Å²) in [6.45, 7) is 0.649. The van der Waals surface area contributed by atoms with Gasteiger partial charge in [-0.25, -0.2) is 0 Å². The standard InChI is InChI=1S/C15H18Cl2O/c16-12-5-3-4-11(8-12)10-18-14-9-13(17)15(14)6-1-2-7-15/h3-5,8,13-14H,1-2,6-7,9-10H2. The SMILES string of the molecule is Clc1cccc(COC2CC(Cl)C23CCCC3)c1. The van der Waals surface area contributed by atoms with Gasteiger partial charge in [0, 0.05) is 15.8 Å². The van der Waals surface area contributed by atoms with Gasteiger partial charge in [-0.05, 0) is 37.0 Å². The Kier molecular flexibility index (Phi) is 3.57. The van der Waals surface area contributed by atoms with Crippen LogP contribution in [0.15, 0.2) is 24.3 Å². The normalized spacial score (nSPS) is 29.4. The Labute approximate surface area is 118 Å². The minimum absolute atomic E-state index is 0.278. The van der Waals surface area contributed by atoms with E-state index in [1.807, 2.05) is 18.2 Å². The first-order chi connectivity index (χ1) is 8.71. The number of hydrogen-bond acceptors (Lipinski definition) is 1. The summed E-state index contributed by atoms with van der Waals surface area (Å²) in [4.78, 5) is 0. The van der Waals surface area contributed by atoms with E-state index in [9.17, 15) is 0 Å². The Bertz CT molecular complexity index is 426. The molecule has 0 N–H and O–H groups in total. The molecule has 1 aromatic rings. The lowest BCUT2D eigenvalue weighted by Gasteiger charge is -2.51. The first-order valence-corrected chi connectivity index (χ1v) is 7.52. The van der Waals surface area contributed by atoms with Crippen molar-refractivity contribution >= 4 is 23.2 Å². The van der Waals surface area contributed by atoms with Crippen LogP contribution in [0.25, 0.3) is 0 Å². The Morgan fingerprint density at radius 3 is 2.72 bits per heavy atom. The zero-order valence-corrected chi connectivity index (χ0v) is 11.9. The van der Waals surface area contributed by atoms with Gasteiger partial charge >= 0.3 is 0 Å². The molecule has 0 aromatic heterocycles. The van der Waals surface area contributed by atoms with Gasteiger partial charge < -0.3 is 4.74 Å². The van der Waals surface area contributed by atoms with Gasteiger partial charge in [-0.3, -0.25) is 0 Å². The zero-order chi connectivity index (χ0) is 12.6. The second kappa shape index (κ2) is 5.03. The topological polar surface area (TPSA) is 9.23 Å². The molecule has 2 fully saturated rings. The molecule has 0 saturated heterocycles. The first-order valence-electron chi connectivity index (χ1n) is 6.71. The lowest BCUT2D eigenvalue weighted by Crippen LogP contribution is -2.54. The van der Waals surface area contributed by atoms with Gasteiger partial charge in [0.15, 0.2) is 0 Å². The Morgan fingerprint density at radius 1 is 1.28 bits per heavy atom.